The number of carbonyl (C=O) groups is 2. The van der Waals surface area contributed by atoms with Crippen molar-refractivity contribution in [1.29, 1.82) is 0 Å². The molecule has 2 amide bonds. The van der Waals surface area contributed by atoms with Gasteiger partial charge in [-0.1, -0.05) is 0 Å². The first-order valence-corrected chi connectivity index (χ1v) is 12.9. The van der Waals surface area contributed by atoms with Crippen LogP contribution in [0.4, 0.5) is 9.59 Å². The van der Waals surface area contributed by atoms with Crippen LogP contribution in [-0.4, -0.2) is 82.5 Å². The molecule has 2 aliphatic heterocycles. The maximum Gasteiger partial charge on any atom is 0.410 e. The molecule has 3 heterocycles. The minimum absolute atomic E-state index is 0.255. The number of carbonyl (C=O) groups excluding carboxylic acids is 2. The highest BCUT2D eigenvalue weighted by molar-refractivity contribution is 5.68. The van der Waals surface area contributed by atoms with E-state index in [1.54, 1.807) is 15.9 Å². The third-order valence-corrected chi connectivity index (χ3v) is 6.08. The summed E-state index contributed by atoms with van der Waals surface area (Å²) in [5.41, 5.74) is -0.970. The van der Waals surface area contributed by atoms with Crippen LogP contribution < -0.4 is 9.47 Å². The fourth-order valence-electron chi connectivity index (χ4n) is 4.10. The van der Waals surface area contributed by atoms with Gasteiger partial charge < -0.3 is 28.7 Å². The number of hydrogen-bond donors (Lipinski definition) is 0. The second-order valence-electron chi connectivity index (χ2n) is 11.6. The van der Waals surface area contributed by atoms with E-state index in [9.17, 15) is 9.59 Å². The van der Waals surface area contributed by atoms with Crippen LogP contribution in [0, 0.1) is 11.8 Å². The molecule has 3 rings (SSSR count). The van der Waals surface area contributed by atoms with E-state index in [-0.39, 0.29) is 12.2 Å². The van der Waals surface area contributed by atoms with Crippen LogP contribution in [0.3, 0.4) is 0 Å². The van der Waals surface area contributed by atoms with Gasteiger partial charge in [-0.25, -0.2) is 19.6 Å². The van der Waals surface area contributed by atoms with Gasteiger partial charge in [0.05, 0.1) is 19.3 Å². The van der Waals surface area contributed by atoms with E-state index < -0.39 is 11.2 Å². The predicted molar refractivity (Wildman–Crippen MR) is 134 cm³/mol. The van der Waals surface area contributed by atoms with Crippen molar-refractivity contribution in [2.24, 2.45) is 11.8 Å². The van der Waals surface area contributed by atoms with Crippen LogP contribution in [-0.2, 0) is 9.47 Å². The van der Waals surface area contributed by atoms with Gasteiger partial charge in [0.15, 0.2) is 0 Å². The predicted octanol–water partition coefficient (Wildman–Crippen LogP) is 4.53. The topological polar surface area (TPSA) is 103 Å². The molecule has 202 valence electrons. The molecular weight excluding hydrogens is 464 g/mol. The Morgan fingerprint density at radius 1 is 0.750 bits per heavy atom. The monoisotopic (exact) mass is 506 g/mol. The molecule has 0 saturated carbocycles. The molecule has 2 fully saturated rings. The van der Waals surface area contributed by atoms with E-state index in [0.717, 1.165) is 25.7 Å². The Labute approximate surface area is 214 Å². The average Bonchev–Trinajstić information content (AvgIpc) is 2.80. The largest absolute Gasteiger partial charge is 0.477 e. The van der Waals surface area contributed by atoms with Gasteiger partial charge in [-0.3, -0.25) is 0 Å². The Kier molecular flexibility index (Phi) is 9.24. The molecule has 1 aromatic heterocycles. The normalized spacial score (nSPS) is 18.1. The minimum Gasteiger partial charge on any atom is -0.477 e. The molecule has 1 aromatic rings. The molecule has 10 heteroatoms. The first kappa shape index (κ1) is 27.8. The van der Waals surface area contributed by atoms with Crippen molar-refractivity contribution in [3.8, 4) is 11.8 Å². The summed E-state index contributed by atoms with van der Waals surface area (Å²) < 4.78 is 22.7. The lowest BCUT2D eigenvalue weighted by Crippen LogP contribution is -2.42. The van der Waals surface area contributed by atoms with Gasteiger partial charge in [0.2, 0.25) is 11.8 Å². The van der Waals surface area contributed by atoms with Crippen molar-refractivity contribution in [3.63, 3.8) is 0 Å². The maximum atomic E-state index is 12.2. The molecule has 0 N–H and O–H groups in total. The lowest BCUT2D eigenvalue weighted by molar-refractivity contribution is 0.0156. The number of amides is 2. The zero-order valence-corrected chi connectivity index (χ0v) is 22.6. The van der Waals surface area contributed by atoms with E-state index in [1.165, 1.54) is 6.33 Å². The van der Waals surface area contributed by atoms with Crippen LogP contribution in [0.5, 0.6) is 11.8 Å². The molecule has 0 spiro atoms. The standard InChI is InChI=1S/C26H42N4O6/c1-25(2,3)35-23(31)29-11-7-19(8-12-29)16-33-21-15-22(28-18-27-21)34-17-20-9-13-30(14-10-20)24(32)36-26(4,5)6/h15,18-20H,7-14,16-17H2,1-6H3. The van der Waals surface area contributed by atoms with E-state index in [2.05, 4.69) is 9.97 Å². The third-order valence-electron chi connectivity index (χ3n) is 6.08. The summed E-state index contributed by atoms with van der Waals surface area (Å²) in [6.45, 7) is 15.0. The summed E-state index contributed by atoms with van der Waals surface area (Å²) in [5, 5.41) is 0. The maximum absolute atomic E-state index is 12.2. The Bertz CT molecular complexity index is 799. The van der Waals surface area contributed by atoms with E-state index in [0.29, 0.717) is 63.0 Å². The summed E-state index contributed by atoms with van der Waals surface area (Å²) in [7, 11) is 0. The van der Waals surface area contributed by atoms with Crippen LogP contribution in [0.15, 0.2) is 12.4 Å². The molecule has 0 aromatic carbocycles. The van der Waals surface area contributed by atoms with Crippen molar-refractivity contribution in [2.75, 3.05) is 39.4 Å². The molecule has 0 radical (unpaired) electrons. The van der Waals surface area contributed by atoms with Crippen LogP contribution in [0.25, 0.3) is 0 Å². The van der Waals surface area contributed by atoms with E-state index in [1.807, 2.05) is 41.5 Å². The number of likely N-dealkylation sites (tertiary alicyclic amines) is 2. The van der Waals surface area contributed by atoms with Crippen molar-refractivity contribution in [3.05, 3.63) is 12.4 Å². The van der Waals surface area contributed by atoms with E-state index >= 15 is 0 Å². The summed E-state index contributed by atoms with van der Waals surface area (Å²) >= 11 is 0. The first-order chi connectivity index (χ1) is 16.9. The van der Waals surface area contributed by atoms with Crippen LogP contribution in [0.1, 0.15) is 67.2 Å². The molecule has 10 nitrogen and oxygen atoms in total. The molecule has 2 aliphatic rings. The summed E-state index contributed by atoms with van der Waals surface area (Å²) in [4.78, 5) is 36.4. The quantitative estimate of drug-likeness (QED) is 0.554. The number of aromatic nitrogens is 2. The lowest BCUT2D eigenvalue weighted by Gasteiger charge is -2.33. The highest BCUT2D eigenvalue weighted by Gasteiger charge is 2.28. The first-order valence-electron chi connectivity index (χ1n) is 12.9. The number of rotatable bonds is 6. The van der Waals surface area contributed by atoms with Gasteiger partial charge in [0.1, 0.15) is 17.5 Å². The van der Waals surface area contributed by atoms with Gasteiger partial charge in [0, 0.05) is 26.2 Å². The molecular formula is C26H42N4O6. The SMILES string of the molecule is CC(C)(C)OC(=O)N1CCC(COc2cc(OCC3CCN(C(=O)OC(C)(C)C)CC3)ncn2)CC1. The fraction of sp³-hybridized carbons (Fsp3) is 0.769. The smallest absolute Gasteiger partial charge is 0.410 e. The second kappa shape index (κ2) is 12.0. The Morgan fingerprint density at radius 2 is 1.11 bits per heavy atom. The third kappa shape index (κ3) is 9.35. The molecule has 2 saturated heterocycles. The number of piperidine rings is 2. The molecule has 0 atom stereocenters. The van der Waals surface area contributed by atoms with Gasteiger partial charge in [0.25, 0.3) is 0 Å². The molecule has 36 heavy (non-hydrogen) atoms. The van der Waals surface area contributed by atoms with Crippen molar-refractivity contribution in [1.82, 2.24) is 19.8 Å². The number of nitrogens with zero attached hydrogens (tertiary/aromatic N) is 4. The zero-order chi connectivity index (χ0) is 26.3. The van der Waals surface area contributed by atoms with Gasteiger partial charge in [-0.05, 0) is 79.1 Å². The zero-order valence-electron chi connectivity index (χ0n) is 22.6. The van der Waals surface area contributed by atoms with Gasteiger partial charge >= 0.3 is 12.2 Å². The van der Waals surface area contributed by atoms with Gasteiger partial charge in [-0.2, -0.15) is 0 Å². The van der Waals surface area contributed by atoms with Crippen molar-refractivity contribution in [2.45, 2.75) is 78.4 Å². The Morgan fingerprint density at radius 3 is 1.44 bits per heavy atom. The Balaban J connectivity index is 1.36. The summed E-state index contributed by atoms with van der Waals surface area (Å²) in [6, 6.07) is 1.71. The highest BCUT2D eigenvalue weighted by Crippen LogP contribution is 2.23. The Hall–Kier alpha value is -2.78. The number of hydrogen-bond acceptors (Lipinski definition) is 8. The van der Waals surface area contributed by atoms with Crippen LogP contribution >= 0.6 is 0 Å². The van der Waals surface area contributed by atoms with E-state index in [4.69, 9.17) is 18.9 Å². The van der Waals surface area contributed by atoms with Crippen molar-refractivity contribution < 1.29 is 28.5 Å². The average molecular weight is 507 g/mol. The molecule has 0 aliphatic carbocycles. The second-order valence-corrected chi connectivity index (χ2v) is 11.6. The fourth-order valence-corrected chi connectivity index (χ4v) is 4.10. The number of ether oxygens (including phenoxy) is 4. The summed E-state index contributed by atoms with van der Waals surface area (Å²) in [5.74, 6) is 1.65. The molecule has 0 bridgehead atoms. The lowest BCUT2D eigenvalue weighted by atomic mass is 9.98. The minimum atomic E-state index is -0.485. The molecule has 0 unspecified atom stereocenters. The van der Waals surface area contributed by atoms with Gasteiger partial charge in [-0.15, -0.1) is 0 Å². The van der Waals surface area contributed by atoms with Crippen molar-refractivity contribution >= 4 is 12.2 Å². The summed E-state index contributed by atoms with van der Waals surface area (Å²) in [6.07, 6.45) is 4.36. The van der Waals surface area contributed by atoms with Crippen LogP contribution in [0.2, 0.25) is 0 Å². The highest BCUT2D eigenvalue weighted by atomic mass is 16.6.